The van der Waals surface area contributed by atoms with Crippen molar-refractivity contribution in [3.05, 3.63) is 89.5 Å². The zero-order chi connectivity index (χ0) is 29.4. The van der Waals surface area contributed by atoms with Crippen LogP contribution in [0.5, 0.6) is 0 Å². The van der Waals surface area contributed by atoms with Crippen molar-refractivity contribution in [2.24, 2.45) is 0 Å². The van der Waals surface area contributed by atoms with Gasteiger partial charge in [-0.2, -0.15) is 13.2 Å². The van der Waals surface area contributed by atoms with E-state index in [0.29, 0.717) is 35.6 Å². The normalized spacial score (nSPS) is 13.1. The SMILES string of the molecule is CC(=O)c1ccc(N2CCN(c3ccc(NC(=O)c4ccccc4)cc3C(=O)O)CC2)cc1.O=C(O)C(F)(F)F. The molecule has 1 amide bonds. The van der Waals surface area contributed by atoms with Crippen molar-refractivity contribution in [1.82, 2.24) is 0 Å². The zero-order valence-corrected chi connectivity index (χ0v) is 21.3. The van der Waals surface area contributed by atoms with E-state index in [1.165, 1.54) is 6.07 Å². The van der Waals surface area contributed by atoms with Crippen LogP contribution in [0.1, 0.15) is 38.0 Å². The van der Waals surface area contributed by atoms with Gasteiger partial charge in [0, 0.05) is 48.7 Å². The third kappa shape index (κ3) is 7.82. The Hall–Kier alpha value is -4.87. The number of halogens is 3. The number of carbonyl (C=O) groups excluding carboxylic acids is 2. The van der Waals surface area contributed by atoms with Crippen molar-refractivity contribution in [1.29, 1.82) is 0 Å². The average molecular weight is 558 g/mol. The van der Waals surface area contributed by atoms with Gasteiger partial charge in [-0.25, -0.2) is 9.59 Å². The van der Waals surface area contributed by atoms with E-state index in [2.05, 4.69) is 10.2 Å². The van der Waals surface area contributed by atoms with Gasteiger partial charge in [0.05, 0.1) is 11.3 Å². The van der Waals surface area contributed by atoms with Gasteiger partial charge >= 0.3 is 18.1 Å². The maximum absolute atomic E-state index is 12.4. The molecule has 12 heteroatoms. The van der Waals surface area contributed by atoms with Crippen LogP contribution in [-0.2, 0) is 4.79 Å². The quantitative estimate of drug-likeness (QED) is 0.369. The Balaban J connectivity index is 0.000000559. The average Bonchev–Trinajstić information content (AvgIpc) is 2.93. The molecule has 0 radical (unpaired) electrons. The summed E-state index contributed by atoms with van der Waals surface area (Å²) < 4.78 is 31.7. The van der Waals surface area contributed by atoms with Crippen LogP contribution in [-0.4, -0.2) is 66.2 Å². The smallest absolute Gasteiger partial charge is 0.478 e. The predicted molar refractivity (Wildman–Crippen MR) is 142 cm³/mol. The molecule has 0 spiro atoms. The van der Waals surface area contributed by atoms with Crippen LogP contribution < -0.4 is 15.1 Å². The summed E-state index contributed by atoms with van der Waals surface area (Å²) in [4.78, 5) is 49.0. The van der Waals surface area contributed by atoms with Crippen molar-refractivity contribution < 1.29 is 42.6 Å². The van der Waals surface area contributed by atoms with Crippen molar-refractivity contribution >= 4 is 40.7 Å². The molecule has 1 saturated heterocycles. The number of rotatable bonds is 6. The van der Waals surface area contributed by atoms with Gasteiger partial charge in [-0.1, -0.05) is 18.2 Å². The molecule has 1 fully saturated rings. The molecule has 210 valence electrons. The van der Waals surface area contributed by atoms with Crippen molar-refractivity contribution in [2.45, 2.75) is 13.1 Å². The monoisotopic (exact) mass is 557 g/mol. The summed E-state index contributed by atoms with van der Waals surface area (Å²) >= 11 is 0. The summed E-state index contributed by atoms with van der Waals surface area (Å²) in [5, 5.41) is 19.7. The summed E-state index contributed by atoms with van der Waals surface area (Å²) in [5.41, 5.74) is 3.45. The highest BCUT2D eigenvalue weighted by Gasteiger charge is 2.38. The number of nitrogens with one attached hydrogen (secondary N) is 1. The lowest BCUT2D eigenvalue weighted by atomic mass is 10.1. The summed E-state index contributed by atoms with van der Waals surface area (Å²) in [6.45, 7) is 4.32. The molecule has 3 aromatic rings. The van der Waals surface area contributed by atoms with E-state index >= 15 is 0 Å². The number of nitrogens with zero attached hydrogens (tertiary/aromatic N) is 2. The molecule has 4 rings (SSSR count). The Morgan fingerprint density at radius 3 is 1.82 bits per heavy atom. The third-order valence-electron chi connectivity index (χ3n) is 6.02. The number of hydrogen-bond acceptors (Lipinski definition) is 6. The molecule has 0 bridgehead atoms. The van der Waals surface area contributed by atoms with E-state index in [1.807, 2.05) is 35.2 Å². The number of carboxylic acids is 2. The molecule has 0 atom stereocenters. The Morgan fingerprint density at radius 1 is 0.775 bits per heavy atom. The second-order valence-electron chi connectivity index (χ2n) is 8.74. The lowest BCUT2D eigenvalue weighted by Gasteiger charge is -2.38. The van der Waals surface area contributed by atoms with Gasteiger partial charge in [-0.3, -0.25) is 9.59 Å². The number of aromatic carboxylic acids is 1. The molecule has 0 aromatic heterocycles. The fourth-order valence-corrected chi connectivity index (χ4v) is 3.97. The van der Waals surface area contributed by atoms with Crippen LogP contribution in [0.25, 0.3) is 0 Å². The van der Waals surface area contributed by atoms with Crippen LogP contribution >= 0.6 is 0 Å². The molecular formula is C28H26F3N3O6. The van der Waals surface area contributed by atoms with Gasteiger partial charge in [-0.05, 0) is 61.5 Å². The summed E-state index contributed by atoms with van der Waals surface area (Å²) in [6, 6.07) is 21.3. The number of hydrogen-bond donors (Lipinski definition) is 3. The van der Waals surface area contributed by atoms with Crippen LogP contribution in [0.15, 0.2) is 72.8 Å². The Kier molecular flexibility index (Phi) is 9.49. The minimum Gasteiger partial charge on any atom is -0.478 e. The largest absolute Gasteiger partial charge is 0.490 e. The lowest BCUT2D eigenvalue weighted by Crippen LogP contribution is -2.47. The van der Waals surface area contributed by atoms with Crippen LogP contribution in [0.4, 0.5) is 30.2 Å². The molecule has 0 aliphatic carbocycles. The second-order valence-corrected chi connectivity index (χ2v) is 8.74. The minimum absolute atomic E-state index is 0.0379. The number of anilines is 3. The second kappa shape index (κ2) is 12.8. The minimum atomic E-state index is -5.08. The third-order valence-corrected chi connectivity index (χ3v) is 6.02. The van der Waals surface area contributed by atoms with Gasteiger partial charge in [0.25, 0.3) is 5.91 Å². The number of Topliss-reactive ketones (excluding diaryl/α,β-unsaturated/α-hetero) is 1. The number of carboxylic acid groups (broad SMARTS) is 2. The van der Waals surface area contributed by atoms with Crippen LogP contribution in [0.2, 0.25) is 0 Å². The molecule has 3 N–H and O–H groups in total. The maximum atomic E-state index is 12.4. The number of carbonyl (C=O) groups is 4. The van der Waals surface area contributed by atoms with Gasteiger partial charge in [-0.15, -0.1) is 0 Å². The van der Waals surface area contributed by atoms with Crippen molar-refractivity contribution in [3.8, 4) is 0 Å². The standard InChI is InChI=1S/C26H25N3O4.C2HF3O2/c1-18(30)19-7-10-22(11-8-19)28-13-15-29(16-14-28)24-12-9-21(17-23(24)26(32)33)27-25(31)20-5-3-2-4-6-20;3-2(4,5)1(6)7/h2-12,17H,13-16H2,1H3,(H,27,31)(H,32,33);(H,6,7). The molecule has 1 aliphatic heterocycles. The molecule has 40 heavy (non-hydrogen) atoms. The van der Waals surface area contributed by atoms with E-state index in [1.54, 1.807) is 43.3 Å². The number of amides is 1. The highest BCUT2D eigenvalue weighted by molar-refractivity contribution is 6.05. The first-order valence-corrected chi connectivity index (χ1v) is 12.0. The number of alkyl halides is 3. The first kappa shape index (κ1) is 29.7. The first-order valence-electron chi connectivity index (χ1n) is 12.0. The van der Waals surface area contributed by atoms with Crippen molar-refractivity contribution in [3.63, 3.8) is 0 Å². The molecule has 0 saturated carbocycles. The predicted octanol–water partition coefficient (Wildman–Crippen LogP) is 4.80. The number of benzene rings is 3. The topological polar surface area (TPSA) is 127 Å². The Labute approximate surface area is 227 Å². The van der Waals surface area contributed by atoms with E-state index in [-0.39, 0.29) is 17.3 Å². The fraction of sp³-hybridized carbons (Fsp3) is 0.214. The fourth-order valence-electron chi connectivity index (χ4n) is 3.97. The van der Waals surface area contributed by atoms with Crippen molar-refractivity contribution in [2.75, 3.05) is 41.3 Å². The maximum Gasteiger partial charge on any atom is 0.490 e. The Bertz CT molecular complexity index is 1370. The lowest BCUT2D eigenvalue weighted by molar-refractivity contribution is -0.192. The van der Waals surface area contributed by atoms with E-state index in [9.17, 15) is 32.7 Å². The van der Waals surface area contributed by atoms with Gasteiger partial charge in [0.1, 0.15) is 0 Å². The molecule has 0 unspecified atom stereocenters. The van der Waals surface area contributed by atoms with Gasteiger partial charge in [0.2, 0.25) is 0 Å². The summed E-state index contributed by atoms with van der Waals surface area (Å²) in [6.07, 6.45) is -5.08. The van der Waals surface area contributed by atoms with Crippen LogP contribution in [0, 0.1) is 0 Å². The van der Waals surface area contributed by atoms with E-state index < -0.39 is 18.1 Å². The summed E-state index contributed by atoms with van der Waals surface area (Å²) in [5.74, 6) is -4.05. The first-order chi connectivity index (χ1) is 18.9. The van der Waals surface area contributed by atoms with E-state index in [0.717, 1.165) is 18.8 Å². The number of aliphatic carboxylic acids is 1. The molecule has 3 aromatic carbocycles. The Morgan fingerprint density at radius 2 is 1.32 bits per heavy atom. The number of piperazine rings is 1. The van der Waals surface area contributed by atoms with Gasteiger partial charge < -0.3 is 25.3 Å². The molecular weight excluding hydrogens is 531 g/mol. The molecule has 1 aliphatic rings. The van der Waals surface area contributed by atoms with Gasteiger partial charge in [0.15, 0.2) is 5.78 Å². The van der Waals surface area contributed by atoms with Crippen LogP contribution in [0.3, 0.4) is 0 Å². The molecule has 1 heterocycles. The zero-order valence-electron chi connectivity index (χ0n) is 21.3. The highest BCUT2D eigenvalue weighted by atomic mass is 19.4. The number of ketones is 1. The van der Waals surface area contributed by atoms with E-state index in [4.69, 9.17) is 9.90 Å². The molecule has 9 nitrogen and oxygen atoms in total. The highest BCUT2D eigenvalue weighted by Crippen LogP contribution is 2.27. The summed E-state index contributed by atoms with van der Waals surface area (Å²) in [7, 11) is 0.